The van der Waals surface area contributed by atoms with E-state index in [1.165, 1.54) is 6.92 Å². The summed E-state index contributed by atoms with van der Waals surface area (Å²) in [7, 11) is 0. The molecule has 0 saturated carbocycles. The van der Waals surface area contributed by atoms with E-state index >= 15 is 0 Å². The summed E-state index contributed by atoms with van der Waals surface area (Å²) in [6, 6.07) is 23.2. The van der Waals surface area contributed by atoms with Crippen LogP contribution in [0.3, 0.4) is 0 Å². The molecule has 1 N–H and O–H groups in total. The second-order valence-corrected chi connectivity index (χ2v) is 8.09. The number of esters is 1. The Balaban J connectivity index is 1.65. The van der Waals surface area contributed by atoms with Gasteiger partial charge in [0.2, 0.25) is 0 Å². The van der Waals surface area contributed by atoms with Gasteiger partial charge in [-0.1, -0.05) is 48.5 Å². The standard InChI is InChI=1S/C24H17NO3S/c1-14(26)28-16-12-10-15(11-13-16)24-21-22(17-6-2-3-7-18(17)23(21)27)25-19-8-4-5-9-20(19)29-24/h2-13,24-25H,1H3/t24-/m1/s1. The molecular weight excluding hydrogens is 382 g/mol. The molecule has 0 amide bonds. The molecule has 5 heteroatoms. The van der Waals surface area contributed by atoms with Crippen LogP contribution in [-0.2, 0) is 4.79 Å². The van der Waals surface area contributed by atoms with E-state index in [0.717, 1.165) is 38.5 Å². The van der Waals surface area contributed by atoms with Gasteiger partial charge in [0.1, 0.15) is 5.75 Å². The van der Waals surface area contributed by atoms with Gasteiger partial charge in [-0.3, -0.25) is 9.59 Å². The lowest BCUT2D eigenvalue weighted by atomic mass is 10.0. The molecule has 0 bridgehead atoms. The number of para-hydroxylation sites is 1. The van der Waals surface area contributed by atoms with E-state index in [0.29, 0.717) is 5.75 Å². The number of carbonyl (C=O) groups excluding carboxylic acids is 2. The topological polar surface area (TPSA) is 55.4 Å². The largest absolute Gasteiger partial charge is 0.427 e. The van der Waals surface area contributed by atoms with Gasteiger partial charge < -0.3 is 10.1 Å². The second kappa shape index (κ2) is 6.94. The van der Waals surface area contributed by atoms with E-state index in [2.05, 4.69) is 11.4 Å². The van der Waals surface area contributed by atoms with Crippen LogP contribution in [-0.4, -0.2) is 11.8 Å². The lowest BCUT2D eigenvalue weighted by Crippen LogP contribution is -2.08. The number of ketones is 1. The predicted octanol–water partition coefficient (Wildman–Crippen LogP) is 5.48. The minimum atomic E-state index is -0.355. The zero-order valence-corrected chi connectivity index (χ0v) is 16.5. The maximum atomic E-state index is 13.4. The van der Waals surface area contributed by atoms with Crippen molar-refractivity contribution in [3.8, 4) is 5.75 Å². The van der Waals surface area contributed by atoms with Crippen LogP contribution in [0.15, 0.2) is 83.3 Å². The molecule has 0 aromatic heterocycles. The molecule has 1 atom stereocenters. The van der Waals surface area contributed by atoms with Crippen molar-refractivity contribution in [2.24, 2.45) is 0 Å². The average molecular weight is 399 g/mol. The first kappa shape index (κ1) is 17.8. The molecule has 0 spiro atoms. The normalized spacial score (nSPS) is 17.0. The van der Waals surface area contributed by atoms with Crippen LogP contribution in [0.2, 0.25) is 0 Å². The molecule has 1 heterocycles. The fourth-order valence-electron chi connectivity index (χ4n) is 3.79. The minimum Gasteiger partial charge on any atom is -0.427 e. The summed E-state index contributed by atoms with van der Waals surface area (Å²) in [5.41, 5.74) is 5.27. The Kier molecular flexibility index (Phi) is 4.25. The van der Waals surface area contributed by atoms with Crippen LogP contribution < -0.4 is 10.1 Å². The Morgan fingerprint density at radius 2 is 1.62 bits per heavy atom. The minimum absolute atomic E-state index is 0.0532. The molecule has 1 aliphatic heterocycles. The van der Waals surface area contributed by atoms with Gasteiger partial charge in [-0.2, -0.15) is 0 Å². The summed E-state index contributed by atoms with van der Waals surface area (Å²) in [5, 5.41) is 3.34. The van der Waals surface area contributed by atoms with E-state index in [9.17, 15) is 9.59 Å². The van der Waals surface area contributed by atoms with Gasteiger partial charge in [0.05, 0.1) is 16.6 Å². The lowest BCUT2D eigenvalue weighted by molar-refractivity contribution is -0.131. The second-order valence-electron chi connectivity index (χ2n) is 6.95. The third kappa shape index (κ3) is 3.04. The van der Waals surface area contributed by atoms with E-state index in [4.69, 9.17) is 4.74 Å². The number of nitrogens with one attached hydrogen (secondary N) is 1. The average Bonchev–Trinajstić information content (AvgIpc) is 2.89. The number of thioether (sulfide) groups is 1. The Morgan fingerprint density at radius 3 is 2.38 bits per heavy atom. The van der Waals surface area contributed by atoms with E-state index < -0.39 is 0 Å². The molecule has 29 heavy (non-hydrogen) atoms. The molecule has 0 radical (unpaired) electrons. The van der Waals surface area contributed by atoms with Gasteiger partial charge in [-0.15, -0.1) is 11.8 Å². The fourth-order valence-corrected chi connectivity index (χ4v) is 5.09. The van der Waals surface area contributed by atoms with Gasteiger partial charge in [-0.25, -0.2) is 0 Å². The molecule has 2 aliphatic rings. The van der Waals surface area contributed by atoms with Crippen LogP contribution in [0.25, 0.3) is 5.70 Å². The van der Waals surface area contributed by atoms with Crippen molar-refractivity contribution in [2.45, 2.75) is 17.1 Å². The van der Waals surface area contributed by atoms with Crippen LogP contribution in [0.1, 0.15) is 33.7 Å². The Bertz CT molecular complexity index is 1180. The first-order chi connectivity index (χ1) is 14.1. The SMILES string of the molecule is CC(=O)Oc1ccc([C@H]2Sc3ccccc3NC3=C2C(=O)c2ccccc23)cc1. The highest BCUT2D eigenvalue weighted by molar-refractivity contribution is 8.00. The van der Waals surface area contributed by atoms with Crippen LogP contribution in [0.5, 0.6) is 5.75 Å². The quantitative estimate of drug-likeness (QED) is 0.457. The Labute approximate surface area is 172 Å². The molecular formula is C24H17NO3S. The maximum Gasteiger partial charge on any atom is 0.308 e. The summed E-state index contributed by atoms with van der Waals surface area (Å²) in [6.45, 7) is 1.38. The van der Waals surface area contributed by atoms with Gasteiger partial charge in [0.15, 0.2) is 5.78 Å². The number of hydrogen-bond acceptors (Lipinski definition) is 5. The third-order valence-corrected chi connectivity index (χ3v) is 6.41. The molecule has 4 nitrogen and oxygen atoms in total. The number of benzene rings is 3. The van der Waals surface area contributed by atoms with Crippen LogP contribution in [0.4, 0.5) is 5.69 Å². The monoisotopic (exact) mass is 399 g/mol. The highest BCUT2D eigenvalue weighted by Gasteiger charge is 2.38. The van der Waals surface area contributed by atoms with Crippen molar-refractivity contribution < 1.29 is 14.3 Å². The number of fused-ring (bicyclic) bond motifs is 3. The van der Waals surface area contributed by atoms with Gasteiger partial charge >= 0.3 is 5.97 Å². The third-order valence-electron chi connectivity index (χ3n) is 5.05. The first-order valence-corrected chi connectivity index (χ1v) is 10.2. The molecule has 0 unspecified atom stereocenters. The zero-order valence-electron chi connectivity index (χ0n) is 15.6. The van der Waals surface area contributed by atoms with Crippen molar-refractivity contribution in [1.29, 1.82) is 0 Å². The number of anilines is 1. The molecule has 3 aromatic rings. The molecule has 3 aromatic carbocycles. The van der Waals surface area contributed by atoms with Gasteiger partial charge in [0, 0.05) is 28.5 Å². The smallest absolute Gasteiger partial charge is 0.308 e. The fraction of sp³-hybridized carbons (Fsp3) is 0.0833. The number of Topliss-reactive ketones (excluding diaryl/α,β-unsaturated/α-hetero) is 1. The molecule has 5 rings (SSSR count). The van der Waals surface area contributed by atoms with E-state index in [1.807, 2.05) is 54.6 Å². The highest BCUT2D eigenvalue weighted by atomic mass is 32.2. The highest BCUT2D eigenvalue weighted by Crippen LogP contribution is 2.52. The number of hydrogen-bond donors (Lipinski definition) is 1. The van der Waals surface area contributed by atoms with E-state index in [-0.39, 0.29) is 17.0 Å². The summed E-state index contributed by atoms with van der Waals surface area (Å²) >= 11 is 1.65. The van der Waals surface area contributed by atoms with Gasteiger partial charge in [0.25, 0.3) is 0 Å². The zero-order chi connectivity index (χ0) is 20.0. The number of ether oxygens (including phenoxy) is 1. The summed E-state index contributed by atoms with van der Waals surface area (Å²) in [5.74, 6) is 0.192. The lowest BCUT2D eigenvalue weighted by Gasteiger charge is -2.17. The van der Waals surface area contributed by atoms with Crippen LogP contribution in [0, 0.1) is 0 Å². The number of rotatable bonds is 2. The molecule has 0 fully saturated rings. The summed E-state index contributed by atoms with van der Waals surface area (Å²) < 4.78 is 5.16. The number of carbonyl (C=O) groups is 2. The van der Waals surface area contributed by atoms with Crippen molar-refractivity contribution in [3.63, 3.8) is 0 Å². The van der Waals surface area contributed by atoms with Gasteiger partial charge in [-0.05, 0) is 29.8 Å². The Morgan fingerprint density at radius 1 is 0.931 bits per heavy atom. The van der Waals surface area contributed by atoms with Crippen LogP contribution >= 0.6 is 11.8 Å². The molecule has 1 aliphatic carbocycles. The summed E-state index contributed by atoms with van der Waals surface area (Å²) in [4.78, 5) is 25.6. The predicted molar refractivity (Wildman–Crippen MR) is 114 cm³/mol. The first-order valence-electron chi connectivity index (χ1n) is 9.31. The van der Waals surface area contributed by atoms with E-state index in [1.54, 1.807) is 23.9 Å². The summed E-state index contributed by atoms with van der Waals surface area (Å²) in [6.07, 6.45) is 0. The molecule has 142 valence electrons. The van der Waals surface area contributed by atoms with Crippen molar-refractivity contribution in [2.75, 3.05) is 5.32 Å². The molecule has 0 saturated heterocycles. The Hall–Kier alpha value is -3.31. The van der Waals surface area contributed by atoms with Crippen molar-refractivity contribution in [3.05, 3.63) is 95.1 Å². The van der Waals surface area contributed by atoms with Crippen molar-refractivity contribution in [1.82, 2.24) is 0 Å². The maximum absolute atomic E-state index is 13.4. The van der Waals surface area contributed by atoms with Crippen molar-refractivity contribution >= 4 is 34.9 Å².